The second kappa shape index (κ2) is 8.84. The number of nitrogens with one attached hydrogen (secondary N) is 1. The Morgan fingerprint density at radius 3 is 2.55 bits per heavy atom. The van der Waals surface area contributed by atoms with Gasteiger partial charge in [0.25, 0.3) is 0 Å². The average molecular weight is 436 g/mol. The third-order valence-electron chi connectivity index (χ3n) is 4.59. The summed E-state index contributed by atoms with van der Waals surface area (Å²) in [5.74, 6) is -0.342. The van der Waals surface area contributed by atoms with Crippen LogP contribution in [0, 0.1) is 0 Å². The van der Waals surface area contributed by atoms with E-state index in [0.29, 0.717) is 23.7 Å². The van der Waals surface area contributed by atoms with Crippen LogP contribution < -0.4 is 14.5 Å². The highest BCUT2D eigenvalue weighted by Gasteiger charge is 2.22. The van der Waals surface area contributed by atoms with E-state index in [-0.39, 0.29) is 19.0 Å². The first-order valence-electron chi connectivity index (χ1n) is 9.13. The third kappa shape index (κ3) is 5.48. The van der Waals surface area contributed by atoms with Crippen LogP contribution in [0.3, 0.4) is 0 Å². The molecule has 1 aliphatic rings. The van der Waals surface area contributed by atoms with Crippen LogP contribution >= 0.6 is 11.6 Å². The molecule has 29 heavy (non-hydrogen) atoms. The highest BCUT2D eigenvalue weighted by molar-refractivity contribution is 7.92. The third-order valence-corrected chi connectivity index (χ3v) is 5.98. The van der Waals surface area contributed by atoms with Gasteiger partial charge in [-0.3, -0.25) is 13.9 Å². The van der Waals surface area contributed by atoms with Crippen LogP contribution in [0.25, 0.3) is 0 Å². The summed E-state index contributed by atoms with van der Waals surface area (Å²) in [7, 11) is -3.65. The molecule has 2 aromatic rings. The zero-order chi connectivity index (χ0) is 21.0. The van der Waals surface area contributed by atoms with Crippen molar-refractivity contribution in [2.45, 2.75) is 19.4 Å². The van der Waals surface area contributed by atoms with Crippen molar-refractivity contribution in [1.82, 2.24) is 5.32 Å². The zero-order valence-electron chi connectivity index (χ0n) is 16.0. The smallest absolute Gasteiger partial charge is 0.241 e. The van der Waals surface area contributed by atoms with Gasteiger partial charge in [-0.25, -0.2) is 8.42 Å². The van der Waals surface area contributed by atoms with Crippen molar-refractivity contribution in [3.05, 3.63) is 59.1 Å². The van der Waals surface area contributed by atoms with Gasteiger partial charge in [0, 0.05) is 30.2 Å². The predicted octanol–water partition coefficient (Wildman–Crippen LogP) is 2.55. The highest BCUT2D eigenvalue weighted by Crippen LogP contribution is 2.22. The summed E-state index contributed by atoms with van der Waals surface area (Å²) in [6, 6.07) is 13.6. The summed E-state index contributed by atoms with van der Waals surface area (Å²) in [5.41, 5.74) is 1.99. The monoisotopic (exact) mass is 435 g/mol. The van der Waals surface area contributed by atoms with E-state index in [1.165, 1.54) is 0 Å². The summed E-state index contributed by atoms with van der Waals surface area (Å²) < 4.78 is 25.3. The Morgan fingerprint density at radius 1 is 1.21 bits per heavy atom. The maximum atomic E-state index is 12.4. The van der Waals surface area contributed by atoms with E-state index in [1.54, 1.807) is 29.2 Å². The summed E-state index contributed by atoms with van der Waals surface area (Å²) in [5, 5.41) is 3.21. The molecular weight excluding hydrogens is 414 g/mol. The van der Waals surface area contributed by atoms with Gasteiger partial charge in [0.2, 0.25) is 21.8 Å². The Labute approximate surface area is 175 Å². The minimum absolute atomic E-state index is 0.0953. The molecule has 0 saturated carbocycles. The first kappa shape index (κ1) is 21.1. The van der Waals surface area contributed by atoms with Crippen LogP contribution in [-0.2, 0) is 26.2 Å². The van der Waals surface area contributed by atoms with E-state index < -0.39 is 15.9 Å². The molecule has 0 aliphatic carbocycles. The standard InChI is InChI=1S/C20H22ClN3O4S/c1-29(27,28)24(17-9-7-16(21)8-10-17)14-19(25)22-13-15-4-2-5-18(12-15)23-11-3-6-20(23)26/h2,4-5,7-10,12H,3,6,11,13-14H2,1H3,(H,22,25). The molecule has 0 radical (unpaired) electrons. The fraction of sp³-hybridized carbons (Fsp3) is 0.300. The van der Waals surface area contributed by atoms with Crippen molar-refractivity contribution in [2.75, 3.05) is 28.6 Å². The number of amides is 2. The van der Waals surface area contributed by atoms with Gasteiger partial charge in [-0.15, -0.1) is 0 Å². The van der Waals surface area contributed by atoms with Crippen molar-refractivity contribution in [1.29, 1.82) is 0 Å². The summed E-state index contributed by atoms with van der Waals surface area (Å²) >= 11 is 5.85. The molecule has 3 rings (SSSR count). The fourth-order valence-electron chi connectivity index (χ4n) is 3.15. The second-order valence-corrected chi connectivity index (χ2v) is 9.18. The Balaban J connectivity index is 1.65. The van der Waals surface area contributed by atoms with Crippen LogP contribution in [0.2, 0.25) is 5.02 Å². The van der Waals surface area contributed by atoms with E-state index >= 15 is 0 Å². The maximum Gasteiger partial charge on any atom is 0.241 e. The van der Waals surface area contributed by atoms with Crippen molar-refractivity contribution >= 4 is 44.8 Å². The first-order valence-corrected chi connectivity index (χ1v) is 11.4. The van der Waals surface area contributed by atoms with E-state index in [1.807, 2.05) is 24.3 Å². The van der Waals surface area contributed by atoms with Gasteiger partial charge in [-0.1, -0.05) is 23.7 Å². The molecule has 0 unspecified atom stereocenters. The Bertz CT molecular complexity index is 1010. The van der Waals surface area contributed by atoms with Crippen LogP contribution in [0.15, 0.2) is 48.5 Å². The van der Waals surface area contributed by atoms with E-state index in [0.717, 1.165) is 28.2 Å². The number of anilines is 2. The van der Waals surface area contributed by atoms with Gasteiger partial charge in [-0.2, -0.15) is 0 Å². The molecule has 1 N–H and O–H groups in total. The van der Waals surface area contributed by atoms with E-state index in [2.05, 4.69) is 5.32 Å². The lowest BCUT2D eigenvalue weighted by Gasteiger charge is -2.22. The van der Waals surface area contributed by atoms with Crippen molar-refractivity contribution in [3.63, 3.8) is 0 Å². The average Bonchev–Trinajstić information content (AvgIpc) is 3.11. The molecule has 7 nitrogen and oxygen atoms in total. The molecule has 2 aromatic carbocycles. The molecular formula is C20H22ClN3O4S. The predicted molar refractivity (Wildman–Crippen MR) is 114 cm³/mol. The quantitative estimate of drug-likeness (QED) is 0.724. The van der Waals surface area contributed by atoms with Gasteiger partial charge in [0.15, 0.2) is 0 Å². The summed E-state index contributed by atoms with van der Waals surface area (Å²) in [6.07, 6.45) is 2.43. The number of carbonyl (C=O) groups excluding carboxylic acids is 2. The van der Waals surface area contributed by atoms with Crippen molar-refractivity contribution in [2.24, 2.45) is 0 Å². The van der Waals surface area contributed by atoms with Crippen LogP contribution in [0.1, 0.15) is 18.4 Å². The number of benzene rings is 2. The minimum atomic E-state index is -3.65. The molecule has 0 spiro atoms. The summed E-state index contributed by atoms with van der Waals surface area (Å²) in [6.45, 7) is 0.580. The zero-order valence-corrected chi connectivity index (χ0v) is 17.5. The van der Waals surface area contributed by atoms with Gasteiger partial charge in [0.1, 0.15) is 6.54 Å². The normalized spacial score (nSPS) is 14.1. The molecule has 0 aromatic heterocycles. The number of rotatable bonds is 7. The maximum absolute atomic E-state index is 12.4. The molecule has 0 atom stereocenters. The molecule has 154 valence electrons. The number of sulfonamides is 1. The van der Waals surface area contributed by atoms with E-state index in [9.17, 15) is 18.0 Å². The highest BCUT2D eigenvalue weighted by atomic mass is 35.5. The molecule has 9 heteroatoms. The molecule has 2 amide bonds. The lowest BCUT2D eigenvalue weighted by molar-refractivity contribution is -0.120. The number of carbonyl (C=O) groups is 2. The molecule has 1 fully saturated rings. The fourth-order valence-corrected chi connectivity index (χ4v) is 4.13. The Kier molecular flexibility index (Phi) is 6.44. The summed E-state index contributed by atoms with van der Waals surface area (Å²) in [4.78, 5) is 26.0. The Hall–Kier alpha value is -2.58. The second-order valence-electron chi connectivity index (χ2n) is 6.84. The van der Waals surface area contributed by atoms with Crippen LogP contribution in [-0.4, -0.2) is 39.6 Å². The van der Waals surface area contributed by atoms with Gasteiger partial charge < -0.3 is 10.2 Å². The lowest BCUT2D eigenvalue weighted by atomic mass is 10.2. The van der Waals surface area contributed by atoms with Crippen molar-refractivity contribution < 1.29 is 18.0 Å². The molecule has 1 heterocycles. The molecule has 0 bridgehead atoms. The topological polar surface area (TPSA) is 86.8 Å². The first-order chi connectivity index (χ1) is 13.7. The van der Waals surface area contributed by atoms with E-state index in [4.69, 9.17) is 11.6 Å². The number of hydrogen-bond donors (Lipinski definition) is 1. The SMILES string of the molecule is CS(=O)(=O)N(CC(=O)NCc1cccc(N2CCCC2=O)c1)c1ccc(Cl)cc1. The van der Waals surface area contributed by atoms with Crippen molar-refractivity contribution in [3.8, 4) is 0 Å². The van der Waals surface area contributed by atoms with Gasteiger partial charge in [0.05, 0.1) is 11.9 Å². The van der Waals surface area contributed by atoms with Gasteiger partial charge >= 0.3 is 0 Å². The minimum Gasteiger partial charge on any atom is -0.350 e. The number of hydrogen-bond acceptors (Lipinski definition) is 4. The number of halogens is 1. The van der Waals surface area contributed by atoms with Crippen LogP contribution in [0.5, 0.6) is 0 Å². The molecule has 1 saturated heterocycles. The Morgan fingerprint density at radius 2 is 1.93 bits per heavy atom. The largest absolute Gasteiger partial charge is 0.350 e. The lowest BCUT2D eigenvalue weighted by Crippen LogP contribution is -2.40. The number of nitrogens with zero attached hydrogens (tertiary/aromatic N) is 2. The van der Waals surface area contributed by atoms with Gasteiger partial charge in [-0.05, 0) is 48.4 Å². The van der Waals surface area contributed by atoms with Crippen LogP contribution in [0.4, 0.5) is 11.4 Å². The molecule has 1 aliphatic heterocycles.